The normalized spacial score (nSPS) is 9.87. The van der Waals surface area contributed by atoms with Crippen molar-refractivity contribution in [3.8, 4) is 6.07 Å². The van der Waals surface area contributed by atoms with Crippen molar-refractivity contribution in [3.63, 3.8) is 0 Å². The fourth-order valence-corrected chi connectivity index (χ4v) is 1.48. The van der Waals surface area contributed by atoms with Gasteiger partial charge in [0.2, 0.25) is 0 Å². The molecule has 2 heteroatoms. The molecule has 0 rings (SSSR count). The predicted molar refractivity (Wildman–Crippen MR) is 65.6 cm³/mol. The Labute approximate surface area is 94.4 Å². The van der Waals surface area contributed by atoms with E-state index in [1.54, 1.807) is 0 Å². The fraction of sp³-hybridized carbons (Fsp3) is 0.769. The van der Waals surface area contributed by atoms with E-state index in [0.717, 1.165) is 19.5 Å². The van der Waals surface area contributed by atoms with Crippen LogP contribution in [0.3, 0.4) is 0 Å². The van der Waals surface area contributed by atoms with E-state index in [9.17, 15) is 0 Å². The van der Waals surface area contributed by atoms with Crippen LogP contribution in [-0.4, -0.2) is 13.1 Å². The van der Waals surface area contributed by atoms with Gasteiger partial charge in [0.25, 0.3) is 0 Å². The van der Waals surface area contributed by atoms with Gasteiger partial charge in [0.1, 0.15) is 0 Å². The lowest BCUT2D eigenvalue weighted by molar-refractivity contribution is 0.620. The van der Waals surface area contributed by atoms with Gasteiger partial charge in [-0.25, -0.2) is 0 Å². The van der Waals surface area contributed by atoms with E-state index in [0.29, 0.717) is 6.42 Å². The average Bonchev–Trinajstić information content (AvgIpc) is 2.24. The molecule has 0 unspecified atom stereocenters. The molecule has 0 bridgehead atoms. The molecular formula is C13H24N2. The highest BCUT2D eigenvalue weighted by Crippen LogP contribution is 2.08. The Morgan fingerprint density at radius 2 is 2.00 bits per heavy atom. The van der Waals surface area contributed by atoms with E-state index in [2.05, 4.69) is 24.9 Å². The molecule has 0 aliphatic carbocycles. The van der Waals surface area contributed by atoms with Crippen molar-refractivity contribution < 1.29 is 0 Å². The molecule has 1 N–H and O–H groups in total. The van der Waals surface area contributed by atoms with Crippen molar-refractivity contribution in [2.45, 2.75) is 51.9 Å². The number of nitriles is 1. The molecule has 15 heavy (non-hydrogen) atoms. The van der Waals surface area contributed by atoms with Gasteiger partial charge in [-0.05, 0) is 12.8 Å². The van der Waals surface area contributed by atoms with Gasteiger partial charge in [-0.2, -0.15) is 5.26 Å². The summed E-state index contributed by atoms with van der Waals surface area (Å²) in [4.78, 5) is 0. The first-order valence-corrected chi connectivity index (χ1v) is 6.05. The molecule has 0 radical (unpaired) electrons. The number of nitrogens with zero attached hydrogens (tertiary/aromatic N) is 1. The maximum absolute atomic E-state index is 8.34. The largest absolute Gasteiger partial charge is 0.312 e. The highest BCUT2D eigenvalue weighted by molar-refractivity contribution is 4.96. The van der Waals surface area contributed by atoms with Crippen LogP contribution in [0, 0.1) is 11.3 Å². The Balaban J connectivity index is 3.16. The first kappa shape index (κ1) is 14.2. The third-order valence-electron chi connectivity index (χ3n) is 2.42. The van der Waals surface area contributed by atoms with Crippen molar-refractivity contribution in [1.29, 1.82) is 5.26 Å². The molecule has 0 aromatic carbocycles. The molecule has 0 saturated carbocycles. The molecule has 0 saturated heterocycles. The van der Waals surface area contributed by atoms with Crippen molar-refractivity contribution in [2.75, 3.05) is 13.1 Å². The summed E-state index contributed by atoms with van der Waals surface area (Å²) < 4.78 is 0. The standard InChI is InChI=1S/C13H24N2/c1-3-4-5-6-7-9-13(2)12-15-11-8-10-14/h15H,2-9,11-12H2,1H3. The summed E-state index contributed by atoms with van der Waals surface area (Å²) in [5.74, 6) is 0. The molecule has 0 aromatic rings. The second kappa shape index (κ2) is 11.3. The van der Waals surface area contributed by atoms with E-state index >= 15 is 0 Å². The van der Waals surface area contributed by atoms with Crippen LogP contribution < -0.4 is 5.32 Å². The number of nitrogens with one attached hydrogen (secondary N) is 1. The molecule has 0 heterocycles. The maximum Gasteiger partial charge on any atom is 0.0635 e. The highest BCUT2D eigenvalue weighted by atomic mass is 14.8. The summed E-state index contributed by atoms with van der Waals surface area (Å²) in [6.07, 6.45) is 8.31. The Morgan fingerprint density at radius 1 is 1.27 bits per heavy atom. The second-order valence-electron chi connectivity index (χ2n) is 4.00. The minimum atomic E-state index is 0.587. The zero-order valence-corrected chi connectivity index (χ0v) is 10.0. The molecule has 2 nitrogen and oxygen atoms in total. The SMILES string of the molecule is C=C(CCCCCCC)CNCCC#N. The Morgan fingerprint density at radius 3 is 2.67 bits per heavy atom. The van der Waals surface area contributed by atoms with Crippen LogP contribution >= 0.6 is 0 Å². The van der Waals surface area contributed by atoms with Crippen molar-refractivity contribution in [1.82, 2.24) is 5.32 Å². The Hall–Kier alpha value is -0.810. The lowest BCUT2D eigenvalue weighted by atomic mass is 10.1. The second-order valence-corrected chi connectivity index (χ2v) is 4.00. The van der Waals surface area contributed by atoms with Gasteiger partial charge in [0, 0.05) is 19.5 Å². The van der Waals surface area contributed by atoms with E-state index in [1.807, 2.05) is 0 Å². The zero-order valence-electron chi connectivity index (χ0n) is 10.0. The van der Waals surface area contributed by atoms with Gasteiger partial charge >= 0.3 is 0 Å². The van der Waals surface area contributed by atoms with Crippen LogP contribution in [0.4, 0.5) is 0 Å². The van der Waals surface area contributed by atoms with Gasteiger partial charge < -0.3 is 5.32 Å². The molecule has 0 aliphatic rings. The van der Waals surface area contributed by atoms with Crippen molar-refractivity contribution >= 4 is 0 Å². The molecule has 0 fully saturated rings. The fourth-order valence-electron chi connectivity index (χ4n) is 1.48. The maximum atomic E-state index is 8.34. The zero-order chi connectivity index (χ0) is 11.4. The topological polar surface area (TPSA) is 35.8 Å². The molecule has 0 atom stereocenters. The number of hydrogen-bond acceptors (Lipinski definition) is 2. The first-order valence-electron chi connectivity index (χ1n) is 6.05. The quantitative estimate of drug-likeness (QED) is 0.441. The molecule has 0 spiro atoms. The number of rotatable bonds is 10. The van der Waals surface area contributed by atoms with E-state index in [1.165, 1.54) is 37.7 Å². The summed E-state index contributed by atoms with van der Waals surface area (Å²) in [6, 6.07) is 2.12. The minimum absolute atomic E-state index is 0.587. The van der Waals surface area contributed by atoms with Crippen LogP contribution in [0.1, 0.15) is 51.9 Å². The van der Waals surface area contributed by atoms with Crippen LogP contribution in [0.25, 0.3) is 0 Å². The summed E-state index contributed by atoms with van der Waals surface area (Å²) in [7, 11) is 0. The van der Waals surface area contributed by atoms with Gasteiger partial charge in [0.05, 0.1) is 6.07 Å². The van der Waals surface area contributed by atoms with Crippen molar-refractivity contribution in [3.05, 3.63) is 12.2 Å². The third-order valence-corrected chi connectivity index (χ3v) is 2.42. The third kappa shape index (κ3) is 11.1. The smallest absolute Gasteiger partial charge is 0.0635 e. The average molecular weight is 208 g/mol. The Kier molecular flexibility index (Phi) is 10.7. The number of unbranched alkanes of at least 4 members (excludes halogenated alkanes) is 4. The lowest BCUT2D eigenvalue weighted by Crippen LogP contribution is -2.17. The van der Waals surface area contributed by atoms with E-state index < -0.39 is 0 Å². The summed E-state index contributed by atoms with van der Waals surface area (Å²) in [5.41, 5.74) is 1.27. The van der Waals surface area contributed by atoms with Crippen LogP contribution in [-0.2, 0) is 0 Å². The first-order chi connectivity index (χ1) is 7.31. The molecular weight excluding hydrogens is 184 g/mol. The summed E-state index contributed by atoms with van der Waals surface area (Å²) in [5, 5.41) is 11.6. The van der Waals surface area contributed by atoms with Crippen molar-refractivity contribution in [2.24, 2.45) is 0 Å². The lowest BCUT2D eigenvalue weighted by Gasteiger charge is -2.06. The minimum Gasteiger partial charge on any atom is -0.312 e. The van der Waals surface area contributed by atoms with E-state index in [4.69, 9.17) is 5.26 Å². The van der Waals surface area contributed by atoms with Gasteiger partial charge in [-0.15, -0.1) is 0 Å². The van der Waals surface area contributed by atoms with Gasteiger partial charge in [0.15, 0.2) is 0 Å². The highest BCUT2D eigenvalue weighted by Gasteiger charge is 1.94. The number of hydrogen-bond donors (Lipinski definition) is 1. The van der Waals surface area contributed by atoms with Crippen LogP contribution in [0.2, 0.25) is 0 Å². The van der Waals surface area contributed by atoms with Crippen LogP contribution in [0.5, 0.6) is 0 Å². The molecule has 0 amide bonds. The monoisotopic (exact) mass is 208 g/mol. The Bertz CT molecular complexity index is 191. The van der Waals surface area contributed by atoms with Crippen LogP contribution in [0.15, 0.2) is 12.2 Å². The molecule has 0 aliphatic heterocycles. The van der Waals surface area contributed by atoms with E-state index in [-0.39, 0.29) is 0 Å². The summed E-state index contributed by atoms with van der Waals surface area (Å²) >= 11 is 0. The molecule has 86 valence electrons. The summed E-state index contributed by atoms with van der Waals surface area (Å²) in [6.45, 7) is 7.91. The predicted octanol–water partition coefficient (Wildman–Crippen LogP) is 3.41. The van der Waals surface area contributed by atoms with Gasteiger partial charge in [-0.3, -0.25) is 0 Å². The molecule has 0 aromatic heterocycles. The van der Waals surface area contributed by atoms with Gasteiger partial charge in [-0.1, -0.05) is 44.8 Å².